The van der Waals surface area contributed by atoms with E-state index in [4.69, 9.17) is 9.84 Å². The smallest absolute Gasteiger partial charge is 0.320 e. The van der Waals surface area contributed by atoms with Crippen LogP contribution in [0.15, 0.2) is 0 Å². The summed E-state index contributed by atoms with van der Waals surface area (Å²) >= 11 is 0. The van der Waals surface area contributed by atoms with Crippen molar-refractivity contribution >= 4 is 5.97 Å². The van der Waals surface area contributed by atoms with Gasteiger partial charge >= 0.3 is 5.97 Å². The van der Waals surface area contributed by atoms with Gasteiger partial charge in [0.05, 0.1) is 6.61 Å². The number of rotatable bonds is 5. The lowest BCUT2D eigenvalue weighted by atomic mass is 9.93. The Balaban J connectivity index is 1.70. The van der Waals surface area contributed by atoms with Gasteiger partial charge in [0.2, 0.25) is 0 Å². The van der Waals surface area contributed by atoms with Gasteiger partial charge in [0.25, 0.3) is 0 Å². The van der Waals surface area contributed by atoms with Gasteiger partial charge in [-0.15, -0.1) is 5.10 Å². The van der Waals surface area contributed by atoms with E-state index in [0.717, 1.165) is 13.0 Å². The number of H-pyrrole nitrogens is 1. The largest absolute Gasteiger partial charge is 0.480 e. The van der Waals surface area contributed by atoms with Crippen molar-refractivity contribution < 1.29 is 14.6 Å². The van der Waals surface area contributed by atoms with Crippen LogP contribution in [0.25, 0.3) is 0 Å². The number of aromatic amines is 1. The van der Waals surface area contributed by atoms with Crippen molar-refractivity contribution in [1.82, 2.24) is 25.9 Å². The molecule has 3 N–H and O–H groups in total. The second kappa shape index (κ2) is 5.69. The van der Waals surface area contributed by atoms with Crippen molar-refractivity contribution in [2.75, 3.05) is 13.2 Å². The monoisotopic (exact) mass is 241 g/mol. The number of carboxylic acids is 1. The SMILES string of the molecule is O=C(O)C1CC(COCc2nnn[nH]2)CCN1. The van der Waals surface area contributed by atoms with E-state index in [0.29, 0.717) is 25.5 Å². The molecule has 2 atom stereocenters. The van der Waals surface area contributed by atoms with Gasteiger partial charge in [-0.05, 0) is 35.7 Å². The molecule has 0 aromatic carbocycles. The Bertz CT molecular complexity index is 356. The minimum Gasteiger partial charge on any atom is -0.480 e. The number of hydrogen-bond acceptors (Lipinski definition) is 6. The summed E-state index contributed by atoms with van der Waals surface area (Å²) in [5.41, 5.74) is 0. The first-order valence-corrected chi connectivity index (χ1v) is 5.52. The van der Waals surface area contributed by atoms with Crippen LogP contribution in [0.2, 0.25) is 0 Å². The highest BCUT2D eigenvalue weighted by atomic mass is 16.5. The molecule has 1 saturated heterocycles. The minimum atomic E-state index is -0.797. The molecule has 2 rings (SSSR count). The van der Waals surface area contributed by atoms with Gasteiger partial charge in [0.1, 0.15) is 12.6 Å². The first-order chi connectivity index (χ1) is 8.25. The zero-order chi connectivity index (χ0) is 12.1. The van der Waals surface area contributed by atoms with Crippen LogP contribution < -0.4 is 5.32 Å². The standard InChI is InChI=1S/C9H15N5O3/c15-9(16)7-3-6(1-2-10-7)4-17-5-8-11-13-14-12-8/h6-7,10H,1-5H2,(H,15,16)(H,11,12,13,14). The number of aliphatic carboxylic acids is 1. The van der Waals surface area contributed by atoms with E-state index < -0.39 is 12.0 Å². The first kappa shape index (κ1) is 11.9. The summed E-state index contributed by atoms with van der Waals surface area (Å²) in [6.45, 7) is 1.58. The molecule has 2 heterocycles. The Morgan fingerprint density at radius 1 is 1.59 bits per heavy atom. The number of tetrazole rings is 1. The maximum absolute atomic E-state index is 10.8. The molecule has 1 aromatic rings. The number of nitrogens with one attached hydrogen (secondary N) is 2. The molecule has 8 nitrogen and oxygen atoms in total. The van der Waals surface area contributed by atoms with Crippen molar-refractivity contribution in [1.29, 1.82) is 0 Å². The predicted molar refractivity (Wildman–Crippen MR) is 56.0 cm³/mol. The lowest BCUT2D eigenvalue weighted by Gasteiger charge is -2.27. The van der Waals surface area contributed by atoms with Gasteiger partial charge in [-0.25, -0.2) is 5.10 Å². The third kappa shape index (κ3) is 3.46. The fourth-order valence-corrected chi connectivity index (χ4v) is 1.90. The first-order valence-electron chi connectivity index (χ1n) is 5.52. The molecule has 2 unspecified atom stereocenters. The van der Waals surface area contributed by atoms with E-state index >= 15 is 0 Å². The Morgan fingerprint density at radius 2 is 2.47 bits per heavy atom. The molecule has 17 heavy (non-hydrogen) atoms. The van der Waals surface area contributed by atoms with Gasteiger partial charge in [-0.3, -0.25) is 4.79 Å². The minimum absolute atomic E-state index is 0.272. The normalized spacial score (nSPS) is 24.7. The van der Waals surface area contributed by atoms with Crippen LogP contribution in [-0.4, -0.2) is 50.9 Å². The van der Waals surface area contributed by atoms with Gasteiger partial charge in [0.15, 0.2) is 5.82 Å². The maximum atomic E-state index is 10.8. The highest BCUT2D eigenvalue weighted by Crippen LogP contribution is 2.17. The van der Waals surface area contributed by atoms with Crippen molar-refractivity contribution in [3.05, 3.63) is 5.82 Å². The van der Waals surface area contributed by atoms with Crippen LogP contribution in [0.1, 0.15) is 18.7 Å². The summed E-state index contributed by atoms with van der Waals surface area (Å²) in [7, 11) is 0. The van der Waals surface area contributed by atoms with Gasteiger partial charge in [-0.1, -0.05) is 0 Å². The molecular formula is C9H15N5O3. The third-order valence-corrected chi connectivity index (χ3v) is 2.79. The van der Waals surface area contributed by atoms with Crippen molar-refractivity contribution in [2.24, 2.45) is 5.92 Å². The van der Waals surface area contributed by atoms with E-state index in [1.54, 1.807) is 0 Å². The number of carbonyl (C=O) groups is 1. The predicted octanol–water partition coefficient (Wildman–Crippen LogP) is -0.831. The van der Waals surface area contributed by atoms with E-state index in [2.05, 4.69) is 25.9 Å². The summed E-state index contributed by atoms with van der Waals surface area (Å²) in [6.07, 6.45) is 1.53. The van der Waals surface area contributed by atoms with Crippen LogP contribution >= 0.6 is 0 Å². The third-order valence-electron chi connectivity index (χ3n) is 2.79. The Kier molecular flexibility index (Phi) is 3.99. The van der Waals surface area contributed by atoms with Gasteiger partial charge in [0, 0.05) is 0 Å². The fourth-order valence-electron chi connectivity index (χ4n) is 1.90. The second-order valence-corrected chi connectivity index (χ2v) is 4.10. The molecule has 1 fully saturated rings. The molecule has 1 aromatic heterocycles. The van der Waals surface area contributed by atoms with E-state index in [-0.39, 0.29) is 5.92 Å². The average Bonchev–Trinajstić information content (AvgIpc) is 2.82. The molecule has 94 valence electrons. The zero-order valence-corrected chi connectivity index (χ0v) is 9.30. The number of piperidine rings is 1. The highest BCUT2D eigenvalue weighted by molar-refractivity contribution is 5.73. The number of aromatic nitrogens is 4. The molecular weight excluding hydrogens is 226 g/mol. The summed E-state index contributed by atoms with van der Waals surface area (Å²) in [5, 5.41) is 25.0. The summed E-state index contributed by atoms with van der Waals surface area (Å²) in [5.74, 6) is 0.0519. The van der Waals surface area contributed by atoms with E-state index in [1.807, 2.05) is 0 Å². The topological polar surface area (TPSA) is 113 Å². The van der Waals surface area contributed by atoms with Crippen molar-refractivity contribution in [2.45, 2.75) is 25.5 Å². The van der Waals surface area contributed by atoms with E-state index in [1.165, 1.54) is 0 Å². The molecule has 0 spiro atoms. The van der Waals surface area contributed by atoms with Crippen LogP contribution in [0.3, 0.4) is 0 Å². The molecule has 1 aliphatic rings. The number of ether oxygens (including phenoxy) is 1. The number of hydrogen-bond donors (Lipinski definition) is 3. The van der Waals surface area contributed by atoms with Crippen molar-refractivity contribution in [3.63, 3.8) is 0 Å². The Labute approximate surface area is 97.7 Å². The lowest BCUT2D eigenvalue weighted by Crippen LogP contribution is -2.44. The second-order valence-electron chi connectivity index (χ2n) is 4.10. The summed E-state index contributed by atoms with van der Waals surface area (Å²) < 4.78 is 5.45. The quantitative estimate of drug-likeness (QED) is 0.616. The molecule has 0 radical (unpaired) electrons. The van der Waals surface area contributed by atoms with Crippen LogP contribution in [0, 0.1) is 5.92 Å². The average molecular weight is 241 g/mol. The van der Waals surface area contributed by atoms with Crippen LogP contribution in [0.5, 0.6) is 0 Å². The molecule has 0 aliphatic carbocycles. The molecule has 0 saturated carbocycles. The Hall–Kier alpha value is -1.54. The lowest BCUT2D eigenvalue weighted by molar-refractivity contribution is -0.140. The number of nitrogens with zero attached hydrogens (tertiary/aromatic N) is 3. The van der Waals surface area contributed by atoms with E-state index in [9.17, 15) is 4.79 Å². The van der Waals surface area contributed by atoms with Crippen LogP contribution in [-0.2, 0) is 16.1 Å². The van der Waals surface area contributed by atoms with Gasteiger partial charge < -0.3 is 15.2 Å². The number of carboxylic acid groups (broad SMARTS) is 1. The fraction of sp³-hybridized carbons (Fsp3) is 0.778. The summed E-state index contributed by atoms with van der Waals surface area (Å²) in [6, 6.07) is -0.454. The van der Waals surface area contributed by atoms with Crippen LogP contribution in [0.4, 0.5) is 0 Å². The maximum Gasteiger partial charge on any atom is 0.320 e. The molecule has 8 heteroatoms. The van der Waals surface area contributed by atoms with Crippen molar-refractivity contribution in [3.8, 4) is 0 Å². The molecule has 0 amide bonds. The van der Waals surface area contributed by atoms with Gasteiger partial charge in [-0.2, -0.15) is 0 Å². The highest BCUT2D eigenvalue weighted by Gasteiger charge is 2.26. The molecule has 0 bridgehead atoms. The summed E-state index contributed by atoms with van der Waals surface area (Å²) in [4.78, 5) is 10.8. The molecule has 1 aliphatic heterocycles. The Morgan fingerprint density at radius 3 is 3.18 bits per heavy atom. The zero-order valence-electron chi connectivity index (χ0n) is 9.30.